The van der Waals surface area contributed by atoms with Crippen molar-refractivity contribution in [3.05, 3.63) is 23.8 Å². The lowest BCUT2D eigenvalue weighted by molar-refractivity contribution is 0.0871. The summed E-state index contributed by atoms with van der Waals surface area (Å²) in [6, 6.07) is 5.26. The van der Waals surface area contributed by atoms with Crippen molar-refractivity contribution in [2.45, 2.75) is 19.4 Å². The van der Waals surface area contributed by atoms with Gasteiger partial charge in [-0.15, -0.1) is 0 Å². The summed E-state index contributed by atoms with van der Waals surface area (Å²) in [7, 11) is 3.83. The highest BCUT2D eigenvalue weighted by Gasteiger charge is 2.22. The maximum Gasteiger partial charge on any atom is 0.231 e. The summed E-state index contributed by atoms with van der Waals surface area (Å²) in [5, 5.41) is 0. The Labute approximate surface area is 101 Å². The highest BCUT2D eigenvalue weighted by Crippen LogP contribution is 2.33. The molecule has 0 aliphatic carbocycles. The maximum absolute atomic E-state index is 12.3. The molecule has 0 aromatic heterocycles. The molecule has 0 radical (unpaired) electrons. The smallest absolute Gasteiger partial charge is 0.231 e. The van der Waals surface area contributed by atoms with E-state index in [1.54, 1.807) is 18.2 Å². The van der Waals surface area contributed by atoms with Crippen LogP contribution in [0, 0.1) is 0 Å². The summed E-state index contributed by atoms with van der Waals surface area (Å²) < 4.78 is 10.5. The lowest BCUT2D eigenvalue weighted by atomic mass is 10.0. The molecule has 0 bridgehead atoms. The lowest BCUT2D eigenvalue weighted by Gasteiger charge is -2.21. The predicted molar refractivity (Wildman–Crippen MR) is 64.7 cm³/mol. The largest absolute Gasteiger partial charge is 0.454 e. The summed E-state index contributed by atoms with van der Waals surface area (Å²) in [6.07, 6.45) is 0.792. The van der Waals surface area contributed by atoms with Crippen molar-refractivity contribution in [2.75, 3.05) is 20.9 Å². The normalized spacial score (nSPS) is 15.1. The van der Waals surface area contributed by atoms with Crippen molar-refractivity contribution >= 4 is 5.78 Å². The van der Waals surface area contributed by atoms with E-state index in [-0.39, 0.29) is 18.6 Å². The predicted octanol–water partition coefficient (Wildman–Crippen LogP) is 1.94. The number of hydrogen-bond donors (Lipinski definition) is 0. The number of hydrogen-bond acceptors (Lipinski definition) is 4. The van der Waals surface area contributed by atoms with Crippen LogP contribution in [0.4, 0.5) is 0 Å². The van der Waals surface area contributed by atoms with Gasteiger partial charge in [-0.2, -0.15) is 0 Å². The van der Waals surface area contributed by atoms with E-state index in [0.29, 0.717) is 17.1 Å². The van der Waals surface area contributed by atoms with Crippen molar-refractivity contribution in [1.82, 2.24) is 4.90 Å². The monoisotopic (exact) mass is 235 g/mol. The third-order valence-corrected chi connectivity index (χ3v) is 2.97. The molecular formula is C13H17NO3. The van der Waals surface area contributed by atoms with Crippen LogP contribution in [-0.2, 0) is 0 Å². The fraction of sp³-hybridized carbons (Fsp3) is 0.462. The number of likely N-dealkylation sites (N-methyl/N-ethyl adjacent to an activating group) is 1. The van der Waals surface area contributed by atoms with Gasteiger partial charge in [-0.25, -0.2) is 0 Å². The molecular weight excluding hydrogens is 218 g/mol. The zero-order chi connectivity index (χ0) is 12.4. The molecule has 1 aliphatic heterocycles. The SMILES string of the molecule is CC[C@H](C(=O)c1ccc2c(c1)OCO2)N(C)C. The number of Topliss-reactive ketones (excluding diaryl/α,β-unsaturated/α-hetero) is 1. The first-order valence-electron chi connectivity index (χ1n) is 5.73. The first kappa shape index (κ1) is 11.9. The van der Waals surface area contributed by atoms with Gasteiger partial charge in [0, 0.05) is 5.56 Å². The molecule has 1 heterocycles. The lowest BCUT2D eigenvalue weighted by Crippen LogP contribution is -2.35. The zero-order valence-electron chi connectivity index (χ0n) is 10.4. The first-order valence-corrected chi connectivity index (χ1v) is 5.73. The van der Waals surface area contributed by atoms with Gasteiger partial charge in [0.15, 0.2) is 17.3 Å². The minimum Gasteiger partial charge on any atom is -0.454 e. The van der Waals surface area contributed by atoms with Gasteiger partial charge in [-0.05, 0) is 38.7 Å². The van der Waals surface area contributed by atoms with E-state index < -0.39 is 0 Å². The molecule has 0 fully saturated rings. The van der Waals surface area contributed by atoms with Crippen LogP contribution in [0.5, 0.6) is 11.5 Å². The van der Waals surface area contributed by atoms with Gasteiger partial charge >= 0.3 is 0 Å². The van der Waals surface area contributed by atoms with Crippen molar-refractivity contribution in [2.24, 2.45) is 0 Å². The zero-order valence-corrected chi connectivity index (χ0v) is 10.4. The summed E-state index contributed by atoms with van der Waals surface area (Å²) in [5.41, 5.74) is 0.676. The third-order valence-electron chi connectivity index (χ3n) is 2.97. The van der Waals surface area contributed by atoms with Crippen molar-refractivity contribution in [3.63, 3.8) is 0 Å². The minimum atomic E-state index is -0.0876. The van der Waals surface area contributed by atoms with E-state index in [1.165, 1.54) is 0 Å². The molecule has 1 aromatic carbocycles. The Balaban J connectivity index is 2.25. The van der Waals surface area contributed by atoms with Crippen LogP contribution in [0.2, 0.25) is 0 Å². The van der Waals surface area contributed by atoms with Gasteiger partial charge in [0.25, 0.3) is 0 Å². The highest BCUT2D eigenvalue weighted by molar-refractivity contribution is 6.00. The topological polar surface area (TPSA) is 38.8 Å². The molecule has 1 aliphatic rings. The molecule has 0 saturated carbocycles. The number of ether oxygens (including phenoxy) is 2. The van der Waals surface area contributed by atoms with Crippen LogP contribution in [0.1, 0.15) is 23.7 Å². The molecule has 4 heteroatoms. The average Bonchev–Trinajstić information content (AvgIpc) is 2.75. The Kier molecular flexibility index (Phi) is 3.33. The van der Waals surface area contributed by atoms with Crippen molar-refractivity contribution in [3.8, 4) is 11.5 Å². The van der Waals surface area contributed by atoms with Gasteiger partial charge in [0.05, 0.1) is 6.04 Å². The van der Waals surface area contributed by atoms with Gasteiger partial charge in [-0.3, -0.25) is 9.69 Å². The Morgan fingerprint density at radius 2 is 2.06 bits per heavy atom. The van der Waals surface area contributed by atoms with E-state index in [4.69, 9.17) is 9.47 Å². The number of carbonyl (C=O) groups excluding carboxylic acids is 1. The molecule has 0 spiro atoms. The first-order chi connectivity index (χ1) is 8.13. The fourth-order valence-electron chi connectivity index (χ4n) is 2.03. The molecule has 1 aromatic rings. The Morgan fingerprint density at radius 3 is 2.71 bits per heavy atom. The molecule has 92 valence electrons. The number of benzene rings is 1. The van der Waals surface area contributed by atoms with Crippen LogP contribution < -0.4 is 9.47 Å². The fourth-order valence-corrected chi connectivity index (χ4v) is 2.03. The minimum absolute atomic E-state index is 0.0876. The Bertz CT molecular complexity index is 429. The summed E-state index contributed by atoms with van der Waals surface area (Å²) in [5.74, 6) is 1.49. The molecule has 0 unspecified atom stereocenters. The molecule has 4 nitrogen and oxygen atoms in total. The highest BCUT2D eigenvalue weighted by atomic mass is 16.7. The van der Waals surface area contributed by atoms with Gasteiger partial charge < -0.3 is 9.47 Å². The quantitative estimate of drug-likeness (QED) is 0.748. The Hall–Kier alpha value is -1.55. The number of rotatable bonds is 4. The number of ketones is 1. The van der Waals surface area contributed by atoms with E-state index >= 15 is 0 Å². The van der Waals surface area contributed by atoms with Crippen LogP contribution >= 0.6 is 0 Å². The van der Waals surface area contributed by atoms with E-state index in [2.05, 4.69) is 0 Å². The summed E-state index contributed by atoms with van der Waals surface area (Å²) in [6.45, 7) is 2.24. The second kappa shape index (κ2) is 4.75. The number of carbonyl (C=O) groups is 1. The molecule has 2 rings (SSSR count). The number of fused-ring (bicyclic) bond motifs is 1. The molecule has 0 saturated heterocycles. The molecule has 17 heavy (non-hydrogen) atoms. The summed E-state index contributed by atoms with van der Waals surface area (Å²) in [4.78, 5) is 14.2. The van der Waals surface area contributed by atoms with Gasteiger partial charge in [-0.1, -0.05) is 6.92 Å². The van der Waals surface area contributed by atoms with Crippen LogP contribution in [0.15, 0.2) is 18.2 Å². The second-order valence-electron chi connectivity index (χ2n) is 4.32. The van der Waals surface area contributed by atoms with Gasteiger partial charge in [0.2, 0.25) is 6.79 Å². The van der Waals surface area contributed by atoms with Crippen LogP contribution in [0.3, 0.4) is 0 Å². The average molecular weight is 235 g/mol. The number of nitrogens with zero attached hydrogens (tertiary/aromatic N) is 1. The molecule has 0 amide bonds. The standard InChI is InChI=1S/C13H17NO3/c1-4-10(14(2)3)13(15)9-5-6-11-12(7-9)17-8-16-11/h5-7,10H,4,8H2,1-3H3/t10-/m1/s1. The van der Waals surface area contributed by atoms with Crippen molar-refractivity contribution < 1.29 is 14.3 Å². The van der Waals surface area contributed by atoms with E-state index in [1.807, 2.05) is 25.9 Å². The van der Waals surface area contributed by atoms with Gasteiger partial charge in [0.1, 0.15) is 0 Å². The maximum atomic E-state index is 12.3. The van der Waals surface area contributed by atoms with E-state index in [0.717, 1.165) is 6.42 Å². The molecule has 1 atom stereocenters. The third kappa shape index (κ3) is 2.26. The second-order valence-corrected chi connectivity index (χ2v) is 4.32. The van der Waals surface area contributed by atoms with Crippen molar-refractivity contribution in [1.29, 1.82) is 0 Å². The Morgan fingerprint density at radius 1 is 1.35 bits per heavy atom. The van der Waals surface area contributed by atoms with E-state index in [9.17, 15) is 4.79 Å². The van der Waals surface area contributed by atoms with Crippen LogP contribution in [-0.4, -0.2) is 37.6 Å². The van der Waals surface area contributed by atoms with Crippen LogP contribution in [0.25, 0.3) is 0 Å². The molecule has 0 N–H and O–H groups in total. The summed E-state index contributed by atoms with van der Waals surface area (Å²) >= 11 is 0.